The Balaban J connectivity index is 1.92. The summed E-state index contributed by atoms with van der Waals surface area (Å²) in [4.78, 5) is 0. The van der Waals surface area contributed by atoms with Crippen molar-refractivity contribution in [2.75, 3.05) is 6.61 Å². The molecule has 0 aromatic heterocycles. The van der Waals surface area contributed by atoms with E-state index in [4.69, 9.17) is 4.74 Å². The molecule has 1 heteroatoms. The van der Waals surface area contributed by atoms with Crippen molar-refractivity contribution >= 4 is 0 Å². The van der Waals surface area contributed by atoms with E-state index in [9.17, 15) is 0 Å². The van der Waals surface area contributed by atoms with E-state index >= 15 is 0 Å². The fraction of sp³-hybridized carbons (Fsp3) is 0.882. The third-order valence-electron chi connectivity index (χ3n) is 3.87. The van der Waals surface area contributed by atoms with Crippen molar-refractivity contribution in [2.45, 2.75) is 84.2 Å². The molecule has 1 saturated carbocycles. The molecule has 1 aliphatic carbocycles. The molecular weight excluding hydrogens is 220 g/mol. The highest BCUT2D eigenvalue weighted by molar-refractivity contribution is 5.02. The minimum absolute atomic E-state index is 0.524. The molecule has 0 aromatic rings. The van der Waals surface area contributed by atoms with Gasteiger partial charge >= 0.3 is 0 Å². The molecule has 0 radical (unpaired) electrons. The minimum Gasteiger partial charge on any atom is -0.378 e. The maximum absolute atomic E-state index is 5.97. The number of unbranched alkanes of at least 4 members (excludes halogenated alkanes) is 5. The minimum atomic E-state index is 0.524. The first-order valence-electron chi connectivity index (χ1n) is 7.90. The van der Waals surface area contributed by atoms with Crippen LogP contribution >= 0.6 is 0 Å². The molecule has 0 N–H and O–H groups in total. The Morgan fingerprint density at radius 2 is 1.61 bits per heavy atom. The van der Waals surface area contributed by atoms with E-state index in [0.717, 1.165) is 6.61 Å². The molecule has 0 spiro atoms. The Morgan fingerprint density at radius 3 is 2.28 bits per heavy atom. The molecule has 0 amide bonds. The Hall–Kier alpha value is -0.480. The lowest BCUT2D eigenvalue weighted by molar-refractivity contribution is 0.0209. The molecule has 104 valence electrons. The van der Waals surface area contributed by atoms with Crippen molar-refractivity contribution in [3.05, 3.63) is 0 Å². The first-order valence-corrected chi connectivity index (χ1v) is 7.90. The first kappa shape index (κ1) is 15.6. The molecule has 18 heavy (non-hydrogen) atoms. The van der Waals surface area contributed by atoms with E-state index in [1.165, 1.54) is 64.2 Å². The third kappa shape index (κ3) is 7.07. The second kappa shape index (κ2) is 10.4. The van der Waals surface area contributed by atoms with E-state index in [1.807, 2.05) is 6.92 Å². The zero-order valence-corrected chi connectivity index (χ0v) is 12.3. The van der Waals surface area contributed by atoms with Crippen LogP contribution in [0.2, 0.25) is 0 Å². The Kier molecular flexibility index (Phi) is 9.04. The van der Waals surface area contributed by atoms with E-state index in [0.29, 0.717) is 12.0 Å². The highest BCUT2D eigenvalue weighted by Gasteiger charge is 2.19. The summed E-state index contributed by atoms with van der Waals surface area (Å²) in [5, 5.41) is 0. The molecule has 0 aromatic carbocycles. The molecule has 1 rings (SSSR count). The van der Waals surface area contributed by atoms with Crippen molar-refractivity contribution in [2.24, 2.45) is 5.92 Å². The predicted molar refractivity (Wildman–Crippen MR) is 78.5 cm³/mol. The van der Waals surface area contributed by atoms with Gasteiger partial charge in [0.15, 0.2) is 0 Å². The highest BCUT2D eigenvalue weighted by atomic mass is 16.5. The van der Waals surface area contributed by atoms with Crippen LogP contribution in [0, 0.1) is 17.8 Å². The summed E-state index contributed by atoms with van der Waals surface area (Å²) >= 11 is 0. The van der Waals surface area contributed by atoms with Crippen molar-refractivity contribution < 1.29 is 4.74 Å². The van der Waals surface area contributed by atoms with Gasteiger partial charge in [0.1, 0.15) is 0 Å². The van der Waals surface area contributed by atoms with Crippen LogP contribution in [0.4, 0.5) is 0 Å². The van der Waals surface area contributed by atoms with E-state index in [-0.39, 0.29) is 0 Å². The maximum atomic E-state index is 5.97. The standard InChI is InChI=1S/C17H30O/c1-3-5-6-7-8-9-15-18-17-13-11-16(10-4-2)12-14-17/h16-17H,3,5-9,11-15H2,1-2H3. The topological polar surface area (TPSA) is 9.23 Å². The van der Waals surface area contributed by atoms with Crippen molar-refractivity contribution in [3.8, 4) is 11.8 Å². The molecular formula is C17H30O. The SMILES string of the molecule is CC#CC1CCC(OCCCCCCCC)CC1. The number of hydrogen-bond acceptors (Lipinski definition) is 1. The first-order chi connectivity index (χ1) is 8.86. The summed E-state index contributed by atoms with van der Waals surface area (Å²) in [6.07, 6.45) is 13.5. The van der Waals surface area contributed by atoms with Gasteiger partial charge in [-0.05, 0) is 39.0 Å². The van der Waals surface area contributed by atoms with Crippen molar-refractivity contribution in [3.63, 3.8) is 0 Å². The number of hydrogen-bond donors (Lipinski definition) is 0. The average Bonchev–Trinajstić information content (AvgIpc) is 2.40. The number of rotatable bonds is 8. The Morgan fingerprint density at radius 1 is 0.944 bits per heavy atom. The van der Waals surface area contributed by atoms with Gasteiger partial charge in [-0.3, -0.25) is 0 Å². The lowest BCUT2D eigenvalue weighted by atomic mass is 9.88. The fourth-order valence-corrected chi connectivity index (χ4v) is 2.71. The molecule has 0 aliphatic heterocycles. The largest absolute Gasteiger partial charge is 0.378 e. The quantitative estimate of drug-likeness (QED) is 0.437. The summed E-state index contributed by atoms with van der Waals surface area (Å²) in [5.74, 6) is 6.98. The number of ether oxygens (including phenoxy) is 1. The van der Waals surface area contributed by atoms with Gasteiger partial charge in [-0.2, -0.15) is 0 Å². The molecule has 0 unspecified atom stereocenters. The van der Waals surface area contributed by atoms with Crippen LogP contribution in [0.15, 0.2) is 0 Å². The smallest absolute Gasteiger partial charge is 0.0576 e. The van der Waals surface area contributed by atoms with Gasteiger partial charge in [0.2, 0.25) is 0 Å². The van der Waals surface area contributed by atoms with E-state index < -0.39 is 0 Å². The second-order valence-corrected chi connectivity index (χ2v) is 5.51. The maximum Gasteiger partial charge on any atom is 0.0576 e. The van der Waals surface area contributed by atoms with Gasteiger partial charge in [-0.15, -0.1) is 11.8 Å². The lowest BCUT2D eigenvalue weighted by Crippen LogP contribution is -2.21. The van der Waals surface area contributed by atoms with Crippen molar-refractivity contribution in [1.29, 1.82) is 0 Å². The predicted octanol–water partition coefficient (Wildman–Crippen LogP) is 4.95. The Bertz CT molecular complexity index is 240. The third-order valence-corrected chi connectivity index (χ3v) is 3.87. The van der Waals surface area contributed by atoms with E-state index in [2.05, 4.69) is 18.8 Å². The van der Waals surface area contributed by atoms with Crippen LogP contribution in [0.3, 0.4) is 0 Å². The fourth-order valence-electron chi connectivity index (χ4n) is 2.71. The van der Waals surface area contributed by atoms with Crippen LogP contribution in [0.25, 0.3) is 0 Å². The van der Waals surface area contributed by atoms with Gasteiger partial charge in [0, 0.05) is 12.5 Å². The Labute approximate surface area is 114 Å². The molecule has 1 fully saturated rings. The van der Waals surface area contributed by atoms with Gasteiger partial charge in [-0.1, -0.05) is 39.0 Å². The summed E-state index contributed by atoms with van der Waals surface area (Å²) in [6.45, 7) is 5.18. The zero-order valence-electron chi connectivity index (χ0n) is 12.3. The molecule has 0 saturated heterocycles. The van der Waals surface area contributed by atoms with Crippen LogP contribution in [0.1, 0.15) is 78.1 Å². The van der Waals surface area contributed by atoms with Crippen LogP contribution < -0.4 is 0 Å². The molecule has 0 heterocycles. The van der Waals surface area contributed by atoms with Crippen LogP contribution in [-0.2, 0) is 4.74 Å². The van der Waals surface area contributed by atoms with Gasteiger partial charge in [0.25, 0.3) is 0 Å². The van der Waals surface area contributed by atoms with Gasteiger partial charge in [-0.25, -0.2) is 0 Å². The summed E-state index contributed by atoms with van der Waals surface area (Å²) in [7, 11) is 0. The lowest BCUT2D eigenvalue weighted by Gasteiger charge is -2.25. The van der Waals surface area contributed by atoms with Crippen LogP contribution in [-0.4, -0.2) is 12.7 Å². The van der Waals surface area contributed by atoms with Crippen molar-refractivity contribution in [1.82, 2.24) is 0 Å². The molecule has 1 aliphatic rings. The monoisotopic (exact) mass is 250 g/mol. The molecule has 0 atom stereocenters. The summed E-state index contributed by atoms with van der Waals surface area (Å²) in [6, 6.07) is 0. The summed E-state index contributed by atoms with van der Waals surface area (Å²) < 4.78 is 5.97. The normalized spacial score (nSPS) is 23.4. The molecule has 0 bridgehead atoms. The van der Waals surface area contributed by atoms with E-state index in [1.54, 1.807) is 0 Å². The van der Waals surface area contributed by atoms with Crippen LogP contribution in [0.5, 0.6) is 0 Å². The zero-order chi connectivity index (χ0) is 13.1. The average molecular weight is 250 g/mol. The van der Waals surface area contributed by atoms with Gasteiger partial charge in [0.05, 0.1) is 6.10 Å². The second-order valence-electron chi connectivity index (χ2n) is 5.51. The molecule has 1 nitrogen and oxygen atoms in total. The van der Waals surface area contributed by atoms with Gasteiger partial charge < -0.3 is 4.74 Å². The summed E-state index contributed by atoms with van der Waals surface area (Å²) in [5.41, 5.74) is 0. The highest BCUT2D eigenvalue weighted by Crippen LogP contribution is 2.25.